The number of alkyl halides is 3. The van der Waals surface area contributed by atoms with Crippen molar-refractivity contribution in [2.75, 3.05) is 36.6 Å². The fraction of sp³-hybridized carbons (Fsp3) is 0.357. The van der Waals surface area contributed by atoms with E-state index in [-0.39, 0.29) is 11.7 Å². The van der Waals surface area contributed by atoms with E-state index < -0.39 is 11.7 Å². The van der Waals surface area contributed by atoms with Crippen LogP contribution in [0.2, 0.25) is 0 Å². The van der Waals surface area contributed by atoms with Gasteiger partial charge in [0.1, 0.15) is 0 Å². The van der Waals surface area contributed by atoms with E-state index in [4.69, 9.17) is 4.74 Å². The molecule has 0 aliphatic rings. The lowest BCUT2D eigenvalue weighted by Crippen LogP contribution is -2.14. The van der Waals surface area contributed by atoms with Gasteiger partial charge in [0.2, 0.25) is 11.0 Å². The molecule has 0 atom stereocenters. The Balaban J connectivity index is 1.79. The molecule has 1 amide bonds. The van der Waals surface area contributed by atoms with Crippen LogP contribution in [0.25, 0.3) is 0 Å². The Morgan fingerprint density at radius 3 is 2.64 bits per heavy atom. The Bertz CT molecular complexity index is 692. The van der Waals surface area contributed by atoms with E-state index in [1.807, 2.05) is 0 Å². The number of hydrogen-bond acceptors (Lipinski definition) is 7. The minimum absolute atomic E-state index is 0.0771. The molecule has 1 aromatic heterocycles. The average molecular weight is 392 g/mol. The molecule has 0 saturated heterocycles. The number of rotatable bonds is 8. The summed E-state index contributed by atoms with van der Waals surface area (Å²) in [5.74, 6) is -0.262. The molecule has 0 spiro atoms. The summed E-state index contributed by atoms with van der Waals surface area (Å²) in [5, 5.41) is 14.1. The number of anilines is 2. The van der Waals surface area contributed by atoms with Crippen LogP contribution in [0.5, 0.6) is 0 Å². The summed E-state index contributed by atoms with van der Waals surface area (Å²) >= 11 is 2.50. The number of hydrogen-bond donors (Lipinski definition) is 2. The van der Waals surface area contributed by atoms with E-state index in [1.54, 1.807) is 7.11 Å². The maximum Gasteiger partial charge on any atom is 0.416 e. The smallest absolute Gasteiger partial charge is 0.383 e. The van der Waals surface area contributed by atoms with Crippen molar-refractivity contribution in [1.82, 2.24) is 10.2 Å². The molecule has 11 heteroatoms. The molecular weight excluding hydrogens is 377 g/mol. The third-order valence-electron chi connectivity index (χ3n) is 2.81. The number of methoxy groups -OCH3 is 1. The van der Waals surface area contributed by atoms with Gasteiger partial charge in [0.25, 0.3) is 0 Å². The van der Waals surface area contributed by atoms with Gasteiger partial charge in [-0.05, 0) is 24.3 Å². The van der Waals surface area contributed by atoms with Gasteiger partial charge in [-0.2, -0.15) is 13.2 Å². The van der Waals surface area contributed by atoms with Crippen LogP contribution in [0, 0.1) is 0 Å². The first-order valence-corrected chi connectivity index (χ1v) is 8.85. The second-order valence-corrected chi connectivity index (χ2v) is 6.90. The highest BCUT2D eigenvalue weighted by atomic mass is 32.2. The Morgan fingerprint density at radius 2 is 2.00 bits per heavy atom. The molecule has 2 N–H and O–H groups in total. The van der Waals surface area contributed by atoms with Gasteiger partial charge in [0.15, 0.2) is 4.34 Å². The Hall–Kier alpha value is -1.85. The number of thioether (sulfide) groups is 1. The van der Waals surface area contributed by atoms with Crippen molar-refractivity contribution in [2.45, 2.75) is 10.5 Å². The van der Waals surface area contributed by atoms with Crippen LogP contribution in [-0.2, 0) is 15.7 Å². The highest BCUT2D eigenvalue weighted by Gasteiger charge is 2.29. The molecule has 0 fully saturated rings. The van der Waals surface area contributed by atoms with Crippen molar-refractivity contribution < 1.29 is 22.7 Å². The van der Waals surface area contributed by atoms with Crippen molar-refractivity contribution in [2.24, 2.45) is 0 Å². The third-order valence-corrected chi connectivity index (χ3v) is 4.83. The Kier molecular flexibility index (Phi) is 7.02. The number of benzene rings is 1. The first-order valence-electron chi connectivity index (χ1n) is 7.04. The summed E-state index contributed by atoms with van der Waals surface area (Å²) in [6.45, 7) is 1.14. The van der Waals surface area contributed by atoms with Gasteiger partial charge in [-0.3, -0.25) is 4.79 Å². The first kappa shape index (κ1) is 19.5. The van der Waals surface area contributed by atoms with Gasteiger partial charge in [-0.25, -0.2) is 0 Å². The summed E-state index contributed by atoms with van der Waals surface area (Å²) in [7, 11) is 1.60. The third kappa shape index (κ3) is 6.52. The topological polar surface area (TPSA) is 76.1 Å². The van der Waals surface area contributed by atoms with E-state index in [2.05, 4.69) is 20.8 Å². The molecule has 0 radical (unpaired) electrons. The quantitative estimate of drug-likeness (QED) is 0.530. The Morgan fingerprint density at radius 1 is 1.28 bits per heavy atom. The summed E-state index contributed by atoms with van der Waals surface area (Å²) in [6.07, 6.45) is -4.40. The molecule has 2 aromatic rings. The first-order chi connectivity index (χ1) is 11.9. The highest BCUT2D eigenvalue weighted by molar-refractivity contribution is 8.01. The van der Waals surface area contributed by atoms with Gasteiger partial charge < -0.3 is 15.4 Å². The minimum Gasteiger partial charge on any atom is -0.383 e. The summed E-state index contributed by atoms with van der Waals surface area (Å²) < 4.78 is 42.9. The number of halogens is 3. The summed E-state index contributed by atoms with van der Waals surface area (Å²) in [4.78, 5) is 11.9. The Labute approximate surface area is 150 Å². The SMILES string of the molecule is COCCNc1nnc(SCC(=O)Nc2ccc(C(F)(F)F)cc2)s1. The van der Waals surface area contributed by atoms with E-state index in [0.29, 0.717) is 28.3 Å². The van der Waals surface area contributed by atoms with Crippen LogP contribution in [0.1, 0.15) is 5.56 Å². The number of carbonyl (C=O) groups excluding carboxylic acids is 1. The molecule has 6 nitrogen and oxygen atoms in total. The molecule has 0 unspecified atom stereocenters. The maximum absolute atomic E-state index is 12.5. The number of amides is 1. The number of ether oxygens (including phenoxy) is 1. The van der Waals surface area contributed by atoms with Crippen molar-refractivity contribution in [3.8, 4) is 0 Å². The predicted octanol–water partition coefficient (Wildman–Crippen LogP) is 3.35. The fourth-order valence-electron chi connectivity index (χ4n) is 1.67. The van der Waals surface area contributed by atoms with Crippen LogP contribution >= 0.6 is 23.1 Å². The minimum atomic E-state index is -4.40. The molecule has 0 aliphatic carbocycles. The normalized spacial score (nSPS) is 11.4. The lowest BCUT2D eigenvalue weighted by Gasteiger charge is -2.08. The lowest BCUT2D eigenvalue weighted by atomic mass is 10.2. The van der Waals surface area contributed by atoms with Crippen molar-refractivity contribution in [3.63, 3.8) is 0 Å². The van der Waals surface area contributed by atoms with Crippen LogP contribution in [-0.4, -0.2) is 42.1 Å². The fourth-order valence-corrected chi connectivity index (χ4v) is 3.24. The number of aromatic nitrogens is 2. The molecule has 136 valence electrons. The number of nitrogens with zero attached hydrogens (tertiary/aromatic N) is 2. The molecule has 0 bridgehead atoms. The largest absolute Gasteiger partial charge is 0.416 e. The zero-order valence-corrected chi connectivity index (χ0v) is 14.7. The van der Waals surface area contributed by atoms with E-state index in [1.165, 1.54) is 35.2 Å². The summed E-state index contributed by atoms with van der Waals surface area (Å²) in [6, 6.07) is 4.28. The van der Waals surface area contributed by atoms with E-state index >= 15 is 0 Å². The highest BCUT2D eigenvalue weighted by Crippen LogP contribution is 2.30. The van der Waals surface area contributed by atoms with Crippen LogP contribution in [0.15, 0.2) is 28.6 Å². The molecule has 0 saturated carbocycles. The van der Waals surface area contributed by atoms with Crippen molar-refractivity contribution in [1.29, 1.82) is 0 Å². The van der Waals surface area contributed by atoms with Crippen molar-refractivity contribution in [3.05, 3.63) is 29.8 Å². The number of carbonyl (C=O) groups is 1. The van der Waals surface area contributed by atoms with Gasteiger partial charge in [-0.1, -0.05) is 23.1 Å². The van der Waals surface area contributed by atoms with Gasteiger partial charge in [-0.15, -0.1) is 10.2 Å². The summed E-state index contributed by atoms with van der Waals surface area (Å²) in [5.41, 5.74) is -0.458. The van der Waals surface area contributed by atoms with E-state index in [9.17, 15) is 18.0 Å². The second kappa shape index (κ2) is 9.02. The molecule has 1 aromatic carbocycles. The number of nitrogens with one attached hydrogen (secondary N) is 2. The van der Waals surface area contributed by atoms with Gasteiger partial charge in [0.05, 0.1) is 17.9 Å². The maximum atomic E-state index is 12.5. The molecule has 1 heterocycles. The molecule has 2 rings (SSSR count). The predicted molar refractivity (Wildman–Crippen MR) is 91.1 cm³/mol. The van der Waals surface area contributed by atoms with Gasteiger partial charge in [0, 0.05) is 19.3 Å². The molecule has 0 aliphatic heterocycles. The zero-order chi connectivity index (χ0) is 18.3. The monoisotopic (exact) mass is 392 g/mol. The van der Waals surface area contributed by atoms with Gasteiger partial charge >= 0.3 is 6.18 Å². The van der Waals surface area contributed by atoms with E-state index in [0.717, 1.165) is 12.1 Å². The standard InChI is InChI=1S/C14H15F3N4O2S2/c1-23-7-6-18-12-20-21-13(25-12)24-8-11(22)19-10-4-2-9(3-5-10)14(15,16)17/h2-5H,6-8H2,1H3,(H,18,20)(H,19,22). The van der Waals surface area contributed by atoms with Crippen molar-refractivity contribution >= 4 is 39.8 Å². The molecule has 25 heavy (non-hydrogen) atoms. The second-order valence-electron chi connectivity index (χ2n) is 4.70. The average Bonchev–Trinajstić information content (AvgIpc) is 3.01. The molecular formula is C14H15F3N4O2S2. The lowest BCUT2D eigenvalue weighted by molar-refractivity contribution is -0.137. The van der Waals surface area contributed by atoms with Crippen LogP contribution in [0.4, 0.5) is 24.0 Å². The van der Waals surface area contributed by atoms with Crippen LogP contribution in [0.3, 0.4) is 0 Å². The zero-order valence-electron chi connectivity index (χ0n) is 13.1. The van der Waals surface area contributed by atoms with Crippen LogP contribution < -0.4 is 10.6 Å².